The van der Waals surface area contributed by atoms with Gasteiger partial charge in [0.25, 0.3) is 0 Å². The maximum absolute atomic E-state index is 14.0. The molecule has 3 aromatic rings. The lowest BCUT2D eigenvalue weighted by Gasteiger charge is -2.32. The quantitative estimate of drug-likeness (QED) is 0.624. The molecule has 4 nitrogen and oxygen atoms in total. The van der Waals surface area contributed by atoms with Gasteiger partial charge in [0.15, 0.2) is 5.69 Å². The Morgan fingerprint density at radius 2 is 1.79 bits per heavy atom. The Bertz CT molecular complexity index is 969. The summed E-state index contributed by atoms with van der Waals surface area (Å²) in [5, 5.41) is 10.8. The summed E-state index contributed by atoms with van der Waals surface area (Å²) in [6.07, 6.45) is 3.42. The number of aromatic nitrogens is 1. The van der Waals surface area contributed by atoms with Crippen LogP contribution < -0.4 is 4.48 Å². The van der Waals surface area contributed by atoms with Gasteiger partial charge in [-0.1, -0.05) is 56.3 Å². The second-order valence-electron chi connectivity index (χ2n) is 7.70. The summed E-state index contributed by atoms with van der Waals surface area (Å²) in [6, 6.07) is 17.5. The van der Waals surface area contributed by atoms with Crippen molar-refractivity contribution in [3.8, 4) is 5.75 Å². The van der Waals surface area contributed by atoms with E-state index in [2.05, 4.69) is 4.98 Å². The molecule has 0 aliphatic carbocycles. The number of quaternary nitrogens is 1. The van der Waals surface area contributed by atoms with Crippen LogP contribution in [0.4, 0.5) is 5.69 Å². The highest BCUT2D eigenvalue weighted by Crippen LogP contribution is 2.35. The second-order valence-corrected chi connectivity index (χ2v) is 7.70. The predicted octanol–water partition coefficient (Wildman–Crippen LogP) is 5.20. The molecule has 0 fully saturated rings. The molecule has 2 aromatic carbocycles. The second kappa shape index (κ2) is 7.95. The highest BCUT2D eigenvalue weighted by atomic mass is 16.3. The van der Waals surface area contributed by atoms with Crippen molar-refractivity contribution in [1.29, 1.82) is 0 Å². The molecule has 3 rings (SSSR count). The molecule has 28 heavy (non-hydrogen) atoms. The van der Waals surface area contributed by atoms with Gasteiger partial charge in [0.1, 0.15) is 17.9 Å². The molecular formula is C24H27N2O2+. The number of benzene rings is 2. The summed E-state index contributed by atoms with van der Waals surface area (Å²) < 4.78 is -0.00537. The van der Waals surface area contributed by atoms with E-state index in [-0.39, 0.29) is 22.1 Å². The molecule has 0 spiro atoms. The lowest BCUT2D eigenvalue weighted by molar-refractivity contribution is 0.0785. The molecule has 0 saturated carbocycles. The molecule has 0 aliphatic rings. The third-order valence-electron chi connectivity index (χ3n) is 5.25. The molecule has 0 saturated heterocycles. The lowest BCUT2D eigenvalue weighted by Crippen LogP contribution is -2.50. The van der Waals surface area contributed by atoms with Crippen LogP contribution in [0.25, 0.3) is 0 Å². The Morgan fingerprint density at radius 3 is 2.39 bits per heavy atom. The average molecular weight is 375 g/mol. The zero-order valence-corrected chi connectivity index (χ0v) is 16.9. The number of amides is 1. The fourth-order valence-corrected chi connectivity index (χ4v) is 3.54. The number of phenolic OH excluding ortho intramolecular Hbond substituents is 1. The van der Waals surface area contributed by atoms with E-state index in [0.29, 0.717) is 17.7 Å². The first-order valence-corrected chi connectivity index (χ1v) is 9.52. The highest BCUT2D eigenvalue weighted by molar-refractivity contribution is 6.05. The number of hydrogen-bond acceptors (Lipinski definition) is 3. The first-order chi connectivity index (χ1) is 13.3. The number of hydrogen-bond donors (Lipinski definition) is 1. The third kappa shape index (κ3) is 3.69. The van der Waals surface area contributed by atoms with Crippen molar-refractivity contribution in [1.82, 2.24) is 9.47 Å². The van der Waals surface area contributed by atoms with Crippen LogP contribution >= 0.6 is 0 Å². The minimum absolute atomic E-state index is 0.00537. The van der Waals surface area contributed by atoms with E-state index >= 15 is 0 Å². The van der Waals surface area contributed by atoms with Crippen LogP contribution in [-0.2, 0) is 6.54 Å². The summed E-state index contributed by atoms with van der Waals surface area (Å²) in [4.78, 5) is 18.2. The number of carbonyl (C=O) groups is 1. The fourth-order valence-electron chi connectivity index (χ4n) is 3.54. The van der Waals surface area contributed by atoms with E-state index in [4.69, 9.17) is 0 Å². The van der Waals surface area contributed by atoms with Gasteiger partial charge in [-0.3, -0.25) is 4.98 Å². The lowest BCUT2D eigenvalue weighted by atomic mass is 9.92. The summed E-state index contributed by atoms with van der Waals surface area (Å²) in [6.45, 7) is 6.36. The molecule has 1 amide bonds. The Hall–Kier alpha value is -2.98. The van der Waals surface area contributed by atoms with Gasteiger partial charge in [0.2, 0.25) is 0 Å². The van der Waals surface area contributed by atoms with E-state index in [1.54, 1.807) is 12.4 Å². The molecule has 0 bridgehead atoms. The SMILES string of the molecule is Cc1ccc(C(C)C)c(C(=O)[N+](C)(Cc2ccccc2)c2cccnc2)c1O. The number of aryl methyl sites for hydroxylation is 1. The van der Waals surface area contributed by atoms with E-state index in [9.17, 15) is 9.90 Å². The van der Waals surface area contributed by atoms with E-state index in [1.807, 2.05) is 82.4 Å². The van der Waals surface area contributed by atoms with E-state index in [0.717, 1.165) is 16.8 Å². The van der Waals surface area contributed by atoms with Crippen molar-refractivity contribution in [2.75, 3.05) is 7.05 Å². The smallest absolute Gasteiger partial charge is 0.355 e. The highest BCUT2D eigenvalue weighted by Gasteiger charge is 2.39. The maximum atomic E-state index is 14.0. The van der Waals surface area contributed by atoms with Gasteiger partial charge in [-0.05, 0) is 30.0 Å². The molecule has 0 aliphatic heterocycles. The molecule has 144 valence electrons. The van der Waals surface area contributed by atoms with E-state index < -0.39 is 0 Å². The Balaban J connectivity index is 2.20. The van der Waals surface area contributed by atoms with Crippen LogP contribution in [-0.4, -0.2) is 23.0 Å². The minimum atomic E-state index is -0.137. The fraction of sp³-hybridized carbons (Fsp3) is 0.250. The summed E-state index contributed by atoms with van der Waals surface area (Å²) in [5.41, 5.74) is 3.78. The van der Waals surface area contributed by atoms with Crippen molar-refractivity contribution >= 4 is 11.6 Å². The van der Waals surface area contributed by atoms with Crippen LogP contribution in [0.5, 0.6) is 5.75 Å². The van der Waals surface area contributed by atoms with Crippen molar-refractivity contribution in [3.05, 3.63) is 89.2 Å². The van der Waals surface area contributed by atoms with Crippen LogP contribution in [0.2, 0.25) is 0 Å². The maximum Gasteiger partial charge on any atom is 0.355 e. The number of pyridine rings is 1. The van der Waals surface area contributed by atoms with Crippen LogP contribution in [0.1, 0.15) is 46.8 Å². The Kier molecular flexibility index (Phi) is 5.61. The third-order valence-corrected chi connectivity index (χ3v) is 5.25. The minimum Gasteiger partial charge on any atom is -0.507 e. The van der Waals surface area contributed by atoms with Gasteiger partial charge < -0.3 is 5.11 Å². The summed E-state index contributed by atoms with van der Waals surface area (Å²) in [5.74, 6) is 0.0452. The van der Waals surface area contributed by atoms with Gasteiger partial charge in [0, 0.05) is 17.8 Å². The molecule has 1 atom stereocenters. The number of phenols is 1. The molecule has 1 aromatic heterocycles. The van der Waals surface area contributed by atoms with Crippen LogP contribution in [0.15, 0.2) is 67.0 Å². The van der Waals surface area contributed by atoms with Gasteiger partial charge >= 0.3 is 5.91 Å². The topological polar surface area (TPSA) is 50.2 Å². The summed E-state index contributed by atoms with van der Waals surface area (Å²) in [7, 11) is 1.89. The zero-order valence-electron chi connectivity index (χ0n) is 16.9. The van der Waals surface area contributed by atoms with Crippen LogP contribution in [0, 0.1) is 6.92 Å². The van der Waals surface area contributed by atoms with Gasteiger partial charge in [-0.2, -0.15) is 0 Å². The largest absolute Gasteiger partial charge is 0.507 e. The number of rotatable bonds is 5. The molecule has 1 heterocycles. The van der Waals surface area contributed by atoms with Crippen molar-refractivity contribution in [2.45, 2.75) is 33.2 Å². The molecule has 4 heteroatoms. The van der Waals surface area contributed by atoms with Crippen molar-refractivity contribution < 1.29 is 9.90 Å². The van der Waals surface area contributed by atoms with Gasteiger partial charge in [-0.25, -0.2) is 9.28 Å². The monoisotopic (exact) mass is 375 g/mol. The average Bonchev–Trinajstić information content (AvgIpc) is 2.70. The molecule has 1 N–H and O–H groups in total. The predicted molar refractivity (Wildman–Crippen MR) is 113 cm³/mol. The normalized spacial score (nSPS) is 13.3. The summed E-state index contributed by atoms with van der Waals surface area (Å²) >= 11 is 0. The number of aromatic hydroxyl groups is 1. The molecular weight excluding hydrogens is 348 g/mol. The van der Waals surface area contributed by atoms with E-state index in [1.165, 1.54) is 0 Å². The van der Waals surface area contributed by atoms with Crippen molar-refractivity contribution in [3.63, 3.8) is 0 Å². The van der Waals surface area contributed by atoms with Gasteiger partial charge in [-0.15, -0.1) is 0 Å². The molecule has 0 radical (unpaired) electrons. The number of carbonyl (C=O) groups excluding carboxylic acids is 1. The zero-order chi connectivity index (χ0) is 20.3. The van der Waals surface area contributed by atoms with Crippen molar-refractivity contribution in [2.24, 2.45) is 0 Å². The van der Waals surface area contributed by atoms with Crippen LogP contribution in [0.3, 0.4) is 0 Å². The van der Waals surface area contributed by atoms with Gasteiger partial charge in [0.05, 0.1) is 13.2 Å². The Morgan fingerprint density at radius 1 is 1.07 bits per heavy atom. The Labute approximate surface area is 166 Å². The first kappa shape index (κ1) is 19.8. The molecule has 1 unspecified atom stereocenters. The first-order valence-electron chi connectivity index (χ1n) is 9.52. The standard InChI is InChI=1S/C24H26N2O2/c1-17(2)21-13-12-18(3)23(27)22(21)24(28)26(4,20-11-8-14-25-15-20)16-19-9-6-5-7-10-19/h5-15,17H,16H2,1-4H3/p+1. The number of nitrogens with zero attached hydrogens (tertiary/aromatic N) is 2.